The highest BCUT2D eigenvalue weighted by Gasteiger charge is 2.15. The second-order valence-electron chi connectivity index (χ2n) is 1.93. The minimum Gasteiger partial charge on any atom is -0.505 e. The first-order chi connectivity index (χ1) is 5.04. The maximum absolute atomic E-state index is 12.4. The second kappa shape index (κ2) is 2.19. The summed E-state index contributed by atoms with van der Waals surface area (Å²) in [7, 11) is 0. The van der Waals surface area contributed by atoms with Crippen molar-refractivity contribution in [1.82, 2.24) is 0 Å². The summed E-state index contributed by atoms with van der Waals surface area (Å²) in [5, 5.41) is 34.6. The van der Waals surface area contributed by atoms with Crippen LogP contribution in [0.25, 0.3) is 0 Å². The van der Waals surface area contributed by atoms with Gasteiger partial charge in [-0.1, -0.05) is 0 Å². The number of rotatable bonds is 0. The van der Waals surface area contributed by atoms with E-state index in [1.54, 1.807) is 0 Å². The van der Waals surface area contributed by atoms with Crippen LogP contribution in [-0.2, 0) is 0 Å². The Morgan fingerprint density at radius 2 is 1.45 bits per heavy atom. The molecule has 0 saturated heterocycles. The summed E-state index contributed by atoms with van der Waals surface area (Å²) < 4.78 is 12.4. The Morgan fingerprint density at radius 1 is 0.909 bits per heavy atom. The zero-order chi connectivity index (χ0) is 8.59. The molecule has 0 radical (unpaired) electrons. The molecular weight excluding hydrogens is 155 g/mol. The maximum atomic E-state index is 12.4. The minimum absolute atomic E-state index is 0.588. The summed E-state index contributed by atoms with van der Waals surface area (Å²) in [5.74, 6) is -5.21. The quantitative estimate of drug-likeness (QED) is 0.331. The van der Waals surface area contributed by atoms with E-state index >= 15 is 0 Å². The highest BCUT2D eigenvalue weighted by molar-refractivity contribution is 5.54. The van der Waals surface area contributed by atoms with Crippen molar-refractivity contribution in [3.63, 3.8) is 0 Å². The van der Waals surface area contributed by atoms with E-state index in [0.717, 1.165) is 0 Å². The molecule has 0 heterocycles. The van der Waals surface area contributed by atoms with Gasteiger partial charge in [0, 0.05) is 6.07 Å². The fourth-order valence-electron chi connectivity index (χ4n) is 0.608. The maximum Gasteiger partial charge on any atom is 0.210 e. The molecule has 0 fully saturated rings. The van der Waals surface area contributed by atoms with Crippen molar-refractivity contribution in [2.75, 3.05) is 0 Å². The van der Waals surface area contributed by atoms with Crippen molar-refractivity contribution in [3.8, 4) is 23.0 Å². The van der Waals surface area contributed by atoms with Crippen molar-refractivity contribution < 1.29 is 24.8 Å². The van der Waals surface area contributed by atoms with E-state index in [-0.39, 0.29) is 0 Å². The Kier molecular flexibility index (Phi) is 1.48. The SMILES string of the molecule is Oc1cc(O)c(F)c(O)c1O. The molecule has 5 heteroatoms. The molecule has 0 saturated carbocycles. The zero-order valence-electron chi connectivity index (χ0n) is 5.24. The average molecular weight is 160 g/mol. The Bertz CT molecular complexity index is 271. The molecule has 0 aliphatic carbocycles. The molecule has 4 nitrogen and oxygen atoms in total. The first kappa shape index (κ1) is 7.46. The van der Waals surface area contributed by atoms with Gasteiger partial charge in [-0.3, -0.25) is 0 Å². The first-order valence-electron chi connectivity index (χ1n) is 2.66. The van der Waals surface area contributed by atoms with Gasteiger partial charge in [0.2, 0.25) is 17.3 Å². The van der Waals surface area contributed by atoms with Crippen LogP contribution < -0.4 is 0 Å². The standard InChI is InChI=1S/C6H5FO4/c7-4-2(8)1-3(9)5(10)6(4)11/h1,8-11H. The molecule has 4 N–H and O–H groups in total. The highest BCUT2D eigenvalue weighted by atomic mass is 19.1. The van der Waals surface area contributed by atoms with Crippen LogP contribution in [0, 0.1) is 5.82 Å². The van der Waals surface area contributed by atoms with Crippen LogP contribution in [0.15, 0.2) is 6.07 Å². The van der Waals surface area contributed by atoms with Gasteiger partial charge in [0.05, 0.1) is 0 Å². The number of hydrogen-bond acceptors (Lipinski definition) is 4. The normalized spacial score (nSPS) is 9.91. The molecule has 0 unspecified atom stereocenters. The highest BCUT2D eigenvalue weighted by Crippen LogP contribution is 2.40. The van der Waals surface area contributed by atoms with Crippen molar-refractivity contribution in [2.45, 2.75) is 0 Å². The van der Waals surface area contributed by atoms with Gasteiger partial charge in [-0.15, -0.1) is 0 Å². The summed E-state index contributed by atoms with van der Waals surface area (Å²) in [4.78, 5) is 0. The Balaban J connectivity index is 3.46. The van der Waals surface area contributed by atoms with Crippen molar-refractivity contribution >= 4 is 0 Å². The number of benzene rings is 1. The van der Waals surface area contributed by atoms with Gasteiger partial charge in [0.25, 0.3) is 0 Å². The molecule has 1 rings (SSSR count). The number of hydrogen-bond donors (Lipinski definition) is 4. The van der Waals surface area contributed by atoms with E-state index in [9.17, 15) is 4.39 Å². The number of phenolic OH excluding ortho intramolecular Hbond substituents is 4. The van der Waals surface area contributed by atoms with E-state index in [1.165, 1.54) is 0 Å². The van der Waals surface area contributed by atoms with Gasteiger partial charge in [-0.25, -0.2) is 0 Å². The van der Waals surface area contributed by atoms with E-state index in [4.69, 9.17) is 20.4 Å². The van der Waals surface area contributed by atoms with Gasteiger partial charge in [0.15, 0.2) is 11.5 Å². The zero-order valence-corrected chi connectivity index (χ0v) is 5.24. The molecule has 60 valence electrons. The fourth-order valence-corrected chi connectivity index (χ4v) is 0.608. The van der Waals surface area contributed by atoms with Crippen LogP contribution in [0.5, 0.6) is 23.0 Å². The molecule has 0 amide bonds. The lowest BCUT2D eigenvalue weighted by atomic mass is 10.2. The van der Waals surface area contributed by atoms with Gasteiger partial charge < -0.3 is 20.4 Å². The number of halogens is 1. The molecule has 1 aromatic carbocycles. The summed E-state index contributed by atoms with van der Waals surface area (Å²) in [6.45, 7) is 0. The molecule has 1 aromatic rings. The molecule has 0 aliphatic rings. The molecular formula is C6H5FO4. The Hall–Kier alpha value is -1.65. The van der Waals surface area contributed by atoms with E-state index in [1.807, 2.05) is 0 Å². The van der Waals surface area contributed by atoms with Crippen LogP contribution in [0.4, 0.5) is 4.39 Å². The van der Waals surface area contributed by atoms with Gasteiger partial charge in [-0.05, 0) is 0 Å². The van der Waals surface area contributed by atoms with Gasteiger partial charge >= 0.3 is 0 Å². The summed E-state index contributed by atoms with van der Waals surface area (Å²) in [5.41, 5.74) is 0. The predicted octanol–water partition coefficient (Wildman–Crippen LogP) is 0.648. The van der Waals surface area contributed by atoms with Crippen LogP contribution in [-0.4, -0.2) is 20.4 Å². The Morgan fingerprint density at radius 3 is 2.00 bits per heavy atom. The second-order valence-corrected chi connectivity index (χ2v) is 1.93. The average Bonchev–Trinajstić information content (AvgIpc) is 1.97. The lowest BCUT2D eigenvalue weighted by Crippen LogP contribution is -1.79. The fraction of sp³-hybridized carbons (Fsp3) is 0. The minimum atomic E-state index is -1.36. The number of aromatic hydroxyl groups is 4. The first-order valence-corrected chi connectivity index (χ1v) is 2.66. The van der Waals surface area contributed by atoms with E-state index < -0.39 is 28.8 Å². The Labute approximate surface area is 60.8 Å². The van der Waals surface area contributed by atoms with Crippen molar-refractivity contribution in [2.24, 2.45) is 0 Å². The lowest BCUT2D eigenvalue weighted by Gasteiger charge is -2.02. The molecule has 0 spiro atoms. The van der Waals surface area contributed by atoms with Crippen LogP contribution in [0.3, 0.4) is 0 Å². The predicted molar refractivity (Wildman–Crippen MR) is 33.1 cm³/mol. The van der Waals surface area contributed by atoms with Crippen molar-refractivity contribution in [3.05, 3.63) is 11.9 Å². The lowest BCUT2D eigenvalue weighted by molar-refractivity contribution is 0.335. The monoisotopic (exact) mass is 160 g/mol. The van der Waals surface area contributed by atoms with Gasteiger partial charge in [-0.2, -0.15) is 4.39 Å². The van der Waals surface area contributed by atoms with E-state index in [2.05, 4.69) is 0 Å². The van der Waals surface area contributed by atoms with Crippen LogP contribution in [0.1, 0.15) is 0 Å². The van der Waals surface area contributed by atoms with Crippen LogP contribution >= 0.6 is 0 Å². The smallest absolute Gasteiger partial charge is 0.210 e. The largest absolute Gasteiger partial charge is 0.505 e. The molecule has 11 heavy (non-hydrogen) atoms. The van der Waals surface area contributed by atoms with Crippen LogP contribution in [0.2, 0.25) is 0 Å². The third-order valence-corrected chi connectivity index (χ3v) is 1.17. The third kappa shape index (κ3) is 1.000. The summed E-state index contributed by atoms with van der Waals surface area (Å²) >= 11 is 0. The molecule has 0 bridgehead atoms. The van der Waals surface area contributed by atoms with Crippen molar-refractivity contribution in [1.29, 1.82) is 0 Å². The van der Waals surface area contributed by atoms with Gasteiger partial charge in [0.1, 0.15) is 0 Å². The summed E-state index contributed by atoms with van der Waals surface area (Å²) in [6, 6.07) is 0.588. The molecule has 0 aromatic heterocycles. The molecule has 0 atom stereocenters. The topological polar surface area (TPSA) is 80.9 Å². The third-order valence-electron chi connectivity index (χ3n) is 1.17. The molecule has 0 aliphatic heterocycles. The van der Waals surface area contributed by atoms with E-state index in [0.29, 0.717) is 6.07 Å². The summed E-state index contributed by atoms with van der Waals surface area (Å²) in [6.07, 6.45) is 0. The number of phenols is 4.